The Morgan fingerprint density at radius 3 is 2.57 bits per heavy atom. The molecule has 3 aromatic rings. The lowest BCUT2D eigenvalue weighted by molar-refractivity contribution is 0.403. The first-order valence-corrected chi connectivity index (χ1v) is 6.51. The maximum atomic E-state index is 5.36. The van der Waals surface area contributed by atoms with Crippen LogP contribution in [0, 0.1) is 6.92 Å². The Morgan fingerprint density at radius 2 is 1.90 bits per heavy atom. The molecule has 1 aromatic carbocycles. The summed E-state index contributed by atoms with van der Waals surface area (Å²) in [6.45, 7) is 1.94. The van der Waals surface area contributed by atoms with Crippen LogP contribution in [0.3, 0.4) is 0 Å². The summed E-state index contributed by atoms with van der Waals surface area (Å²) in [5.74, 6) is 2.73. The van der Waals surface area contributed by atoms with Gasteiger partial charge in [0.2, 0.25) is 5.88 Å². The van der Waals surface area contributed by atoms with Crippen molar-refractivity contribution in [2.45, 2.75) is 6.92 Å². The molecule has 2 aromatic heterocycles. The van der Waals surface area contributed by atoms with Crippen LogP contribution in [0.15, 0.2) is 30.3 Å². The number of methoxy groups -OCH3 is 2. The predicted octanol–water partition coefficient (Wildman–Crippen LogP) is 3.03. The minimum absolute atomic E-state index is 0.560. The van der Waals surface area contributed by atoms with E-state index < -0.39 is 0 Å². The monoisotopic (exact) mass is 284 g/mol. The lowest BCUT2D eigenvalue weighted by atomic mass is 10.1. The third-order valence-corrected chi connectivity index (χ3v) is 3.16. The summed E-state index contributed by atoms with van der Waals surface area (Å²) >= 11 is 0. The lowest BCUT2D eigenvalue weighted by Crippen LogP contribution is -1.97. The van der Waals surface area contributed by atoms with E-state index >= 15 is 0 Å². The van der Waals surface area contributed by atoms with E-state index in [2.05, 4.69) is 20.5 Å². The van der Waals surface area contributed by atoms with Gasteiger partial charge >= 0.3 is 0 Å². The van der Waals surface area contributed by atoms with Crippen LogP contribution in [0.2, 0.25) is 0 Å². The molecule has 6 nitrogen and oxygen atoms in total. The summed E-state index contributed by atoms with van der Waals surface area (Å²) in [7, 11) is 3.25. The highest BCUT2D eigenvalue weighted by Gasteiger charge is 2.09. The Balaban J connectivity index is 2.06. The number of aromatic nitrogens is 3. The Morgan fingerprint density at radius 1 is 1.05 bits per heavy atom. The first kappa shape index (κ1) is 13.2. The molecule has 6 heteroatoms. The van der Waals surface area contributed by atoms with E-state index in [1.807, 2.05) is 37.3 Å². The molecule has 0 saturated carbocycles. The van der Waals surface area contributed by atoms with Crippen molar-refractivity contribution in [1.29, 1.82) is 0 Å². The van der Waals surface area contributed by atoms with Crippen LogP contribution in [0.5, 0.6) is 11.6 Å². The van der Waals surface area contributed by atoms with Crippen LogP contribution in [0.25, 0.3) is 10.8 Å². The highest BCUT2D eigenvalue weighted by Crippen LogP contribution is 2.30. The standard InChI is InChI=1S/C15H16N4O2/c1-9-6-14(19-18-9)16-13-8-10-7-11(20-2)4-5-12(10)15(17-13)21-3/h4-8H,1-3H3,(H2,16,17,18,19). The molecule has 3 rings (SSSR count). The molecule has 108 valence electrons. The molecule has 0 aliphatic rings. The quantitative estimate of drug-likeness (QED) is 0.770. The van der Waals surface area contributed by atoms with Crippen LogP contribution >= 0.6 is 0 Å². The minimum Gasteiger partial charge on any atom is -0.497 e. The van der Waals surface area contributed by atoms with Crippen LogP contribution in [-0.4, -0.2) is 29.4 Å². The van der Waals surface area contributed by atoms with Gasteiger partial charge in [-0.15, -0.1) is 0 Å². The number of pyridine rings is 1. The molecule has 2 heterocycles. The van der Waals surface area contributed by atoms with Crippen molar-refractivity contribution in [3.8, 4) is 11.6 Å². The summed E-state index contributed by atoms with van der Waals surface area (Å²) in [4.78, 5) is 4.45. The minimum atomic E-state index is 0.560. The number of fused-ring (bicyclic) bond motifs is 1. The molecular formula is C15H16N4O2. The first-order valence-electron chi connectivity index (χ1n) is 6.51. The Hall–Kier alpha value is -2.76. The zero-order valence-electron chi connectivity index (χ0n) is 12.1. The average Bonchev–Trinajstić information content (AvgIpc) is 2.90. The van der Waals surface area contributed by atoms with Gasteiger partial charge in [-0.25, -0.2) is 0 Å². The van der Waals surface area contributed by atoms with Gasteiger partial charge in [0, 0.05) is 17.1 Å². The molecule has 21 heavy (non-hydrogen) atoms. The number of aromatic amines is 1. The van der Waals surface area contributed by atoms with E-state index in [9.17, 15) is 0 Å². The Labute approximate surface area is 122 Å². The van der Waals surface area contributed by atoms with E-state index in [0.29, 0.717) is 17.5 Å². The normalized spacial score (nSPS) is 10.6. The van der Waals surface area contributed by atoms with Crippen molar-refractivity contribution < 1.29 is 9.47 Å². The van der Waals surface area contributed by atoms with Crippen LogP contribution < -0.4 is 14.8 Å². The Bertz CT molecular complexity index is 782. The summed E-state index contributed by atoms with van der Waals surface area (Å²) < 4.78 is 10.6. The number of anilines is 2. The second-order valence-corrected chi connectivity index (χ2v) is 4.67. The van der Waals surface area contributed by atoms with Crippen LogP contribution in [0.1, 0.15) is 5.69 Å². The largest absolute Gasteiger partial charge is 0.497 e. The van der Waals surface area contributed by atoms with Crippen molar-refractivity contribution in [2.75, 3.05) is 19.5 Å². The third kappa shape index (κ3) is 2.60. The van der Waals surface area contributed by atoms with Gasteiger partial charge in [0.05, 0.1) is 14.2 Å². The maximum Gasteiger partial charge on any atom is 0.223 e. The number of H-pyrrole nitrogens is 1. The molecule has 0 aliphatic carbocycles. The van der Waals surface area contributed by atoms with Crippen molar-refractivity contribution >= 4 is 22.4 Å². The fourth-order valence-corrected chi connectivity index (χ4v) is 2.16. The first-order chi connectivity index (χ1) is 10.2. The van der Waals surface area contributed by atoms with Gasteiger partial charge in [-0.3, -0.25) is 5.10 Å². The molecule has 0 bridgehead atoms. The van der Waals surface area contributed by atoms with Gasteiger partial charge in [0.1, 0.15) is 11.6 Å². The number of ether oxygens (including phenoxy) is 2. The van der Waals surface area contributed by atoms with Gasteiger partial charge in [0.15, 0.2) is 5.82 Å². The van der Waals surface area contributed by atoms with Crippen LogP contribution in [0.4, 0.5) is 11.6 Å². The van der Waals surface area contributed by atoms with E-state index in [1.165, 1.54) is 0 Å². The molecular weight excluding hydrogens is 268 g/mol. The number of hydrogen-bond acceptors (Lipinski definition) is 5. The SMILES string of the molecule is COc1ccc2c(OC)nc(Nc3cc(C)[nH]n3)cc2c1. The molecule has 0 amide bonds. The fourth-order valence-electron chi connectivity index (χ4n) is 2.16. The molecule has 2 N–H and O–H groups in total. The summed E-state index contributed by atoms with van der Waals surface area (Å²) in [5.41, 5.74) is 0.979. The molecule has 0 radical (unpaired) electrons. The van der Waals surface area contributed by atoms with E-state index in [0.717, 1.165) is 22.2 Å². The topological polar surface area (TPSA) is 72.1 Å². The zero-order chi connectivity index (χ0) is 14.8. The summed E-state index contributed by atoms with van der Waals surface area (Å²) in [6.07, 6.45) is 0. The van der Waals surface area contributed by atoms with E-state index in [1.54, 1.807) is 14.2 Å². The lowest BCUT2D eigenvalue weighted by Gasteiger charge is -2.09. The van der Waals surface area contributed by atoms with Gasteiger partial charge in [-0.1, -0.05) is 0 Å². The highest BCUT2D eigenvalue weighted by molar-refractivity contribution is 5.90. The van der Waals surface area contributed by atoms with Crippen molar-refractivity contribution in [2.24, 2.45) is 0 Å². The fraction of sp³-hybridized carbons (Fsp3) is 0.200. The van der Waals surface area contributed by atoms with E-state index in [4.69, 9.17) is 9.47 Å². The number of nitrogens with zero attached hydrogens (tertiary/aromatic N) is 2. The van der Waals surface area contributed by atoms with E-state index in [-0.39, 0.29) is 0 Å². The Kier molecular flexibility index (Phi) is 3.35. The van der Waals surface area contributed by atoms with Gasteiger partial charge in [0.25, 0.3) is 0 Å². The molecule has 0 aliphatic heterocycles. The second-order valence-electron chi connectivity index (χ2n) is 4.67. The van der Waals surface area contributed by atoms with Crippen molar-refractivity contribution in [3.63, 3.8) is 0 Å². The number of aryl methyl sites for hydroxylation is 1. The zero-order valence-corrected chi connectivity index (χ0v) is 12.1. The molecule has 0 saturated heterocycles. The van der Waals surface area contributed by atoms with Crippen molar-refractivity contribution in [3.05, 3.63) is 36.0 Å². The van der Waals surface area contributed by atoms with Crippen LogP contribution in [-0.2, 0) is 0 Å². The number of rotatable bonds is 4. The predicted molar refractivity (Wildman–Crippen MR) is 81.5 cm³/mol. The summed E-state index contributed by atoms with van der Waals surface area (Å²) in [5, 5.41) is 12.1. The second kappa shape index (κ2) is 5.32. The maximum absolute atomic E-state index is 5.36. The smallest absolute Gasteiger partial charge is 0.223 e. The highest BCUT2D eigenvalue weighted by atomic mass is 16.5. The average molecular weight is 284 g/mol. The van der Waals surface area contributed by atoms with Gasteiger partial charge in [-0.05, 0) is 36.6 Å². The molecule has 0 unspecified atom stereocenters. The number of hydrogen-bond donors (Lipinski definition) is 2. The molecule has 0 spiro atoms. The van der Waals surface area contributed by atoms with Gasteiger partial charge < -0.3 is 14.8 Å². The number of benzene rings is 1. The molecule has 0 atom stereocenters. The third-order valence-electron chi connectivity index (χ3n) is 3.16. The number of nitrogens with one attached hydrogen (secondary N) is 2. The van der Waals surface area contributed by atoms with Crippen molar-refractivity contribution in [1.82, 2.24) is 15.2 Å². The van der Waals surface area contributed by atoms with Gasteiger partial charge in [-0.2, -0.15) is 10.1 Å². The summed E-state index contributed by atoms with van der Waals surface area (Å²) in [6, 6.07) is 9.61. The molecule has 0 fully saturated rings.